The topological polar surface area (TPSA) is 46.5 Å². The number of ether oxygens (including phenoxy) is 1. The van der Waals surface area contributed by atoms with E-state index in [0.717, 1.165) is 24.2 Å². The third-order valence-corrected chi connectivity index (χ3v) is 6.20. The van der Waals surface area contributed by atoms with Gasteiger partial charge in [-0.05, 0) is 18.2 Å². The van der Waals surface area contributed by atoms with Gasteiger partial charge in [0.1, 0.15) is 0 Å². The summed E-state index contributed by atoms with van der Waals surface area (Å²) in [5.74, 6) is -0.228. The molecule has 0 fully saturated rings. The van der Waals surface area contributed by atoms with Crippen LogP contribution in [0.25, 0.3) is 0 Å². The van der Waals surface area contributed by atoms with Gasteiger partial charge in [-0.25, -0.2) is 0 Å². The molecule has 0 bridgehead atoms. The van der Waals surface area contributed by atoms with Crippen LogP contribution in [0.5, 0.6) is 0 Å². The zero-order valence-corrected chi connectivity index (χ0v) is 13.6. The second kappa shape index (κ2) is 10.7. The third-order valence-electron chi connectivity index (χ3n) is 2.11. The van der Waals surface area contributed by atoms with Gasteiger partial charge in [0.25, 0.3) is 0 Å². The normalized spacial score (nSPS) is 14.3. The minimum atomic E-state index is -2.63. The van der Waals surface area contributed by atoms with E-state index in [9.17, 15) is 9.69 Å². The van der Waals surface area contributed by atoms with Gasteiger partial charge in [0.15, 0.2) is 4.67 Å². The maximum atomic E-state index is 11.2. The zero-order chi connectivity index (χ0) is 13.1. The van der Waals surface area contributed by atoms with Crippen LogP contribution in [0.15, 0.2) is 0 Å². The van der Waals surface area contributed by atoms with E-state index in [1.54, 1.807) is 0 Å². The fourth-order valence-electron chi connectivity index (χ4n) is 1.25. The Labute approximate surface area is 118 Å². The molecule has 0 aliphatic carbocycles. The molecule has 0 spiro atoms. The van der Waals surface area contributed by atoms with E-state index in [-0.39, 0.29) is 11.7 Å². The molecule has 7 heteroatoms. The second-order valence-corrected chi connectivity index (χ2v) is 13.3. The number of carbonyl (C=O) groups excluding carboxylic acids is 1. The van der Waals surface area contributed by atoms with Crippen molar-refractivity contribution < 1.29 is 14.4 Å². The molecule has 102 valence electrons. The summed E-state index contributed by atoms with van der Waals surface area (Å²) < 4.78 is 2.38. The van der Waals surface area contributed by atoms with Crippen molar-refractivity contribution in [1.82, 2.24) is 0 Å². The Balaban J connectivity index is 3.31. The fourth-order valence-corrected chi connectivity index (χ4v) is 3.42. The van der Waals surface area contributed by atoms with Gasteiger partial charge in [0.05, 0.1) is 12.4 Å². The summed E-state index contributed by atoms with van der Waals surface area (Å²) in [5.41, 5.74) is 0. The average Bonchev–Trinajstić information content (AvgIpc) is 2.24. The number of thiol groups is 1. The van der Waals surface area contributed by atoms with Gasteiger partial charge in [0.2, 0.25) is 0 Å². The predicted octanol–water partition coefficient (Wildman–Crippen LogP) is 3.77. The lowest BCUT2D eigenvalue weighted by Crippen LogP contribution is -2.08. The summed E-state index contributed by atoms with van der Waals surface area (Å²) in [6, 6.07) is 0. The number of hydrogen-bond acceptors (Lipinski definition) is 4. The molecule has 0 aliphatic heterocycles. The van der Waals surface area contributed by atoms with E-state index in [0.29, 0.717) is 6.61 Å². The predicted molar refractivity (Wildman–Crippen MR) is 82.3 cm³/mol. The molecule has 0 aliphatic rings. The van der Waals surface area contributed by atoms with E-state index in [4.69, 9.17) is 4.74 Å². The zero-order valence-electron chi connectivity index (χ0n) is 10.1. The quantitative estimate of drug-likeness (QED) is 0.278. The van der Waals surface area contributed by atoms with E-state index in [1.807, 2.05) is 0 Å². The summed E-state index contributed by atoms with van der Waals surface area (Å²) in [6.07, 6.45) is 6.99. The van der Waals surface area contributed by atoms with Crippen LogP contribution in [0.1, 0.15) is 45.4 Å². The molecule has 0 radical (unpaired) electrons. The highest BCUT2D eigenvalue weighted by Gasteiger charge is 2.11. The molecule has 1 N–H and O–H groups in total. The summed E-state index contributed by atoms with van der Waals surface area (Å²) >= 11 is 9.49. The van der Waals surface area contributed by atoms with Crippen LogP contribution in [0.4, 0.5) is 0 Å². The lowest BCUT2D eigenvalue weighted by molar-refractivity contribution is -0.140. The third kappa shape index (κ3) is 14.7. The van der Waals surface area contributed by atoms with Crippen molar-refractivity contribution >= 4 is 46.1 Å². The molecule has 0 rings (SSSR count). The van der Waals surface area contributed by atoms with Gasteiger partial charge in [-0.1, -0.05) is 50.4 Å². The summed E-state index contributed by atoms with van der Waals surface area (Å²) in [4.78, 5) is 20.4. The molecule has 0 aromatic carbocycles. The standard InChI is InChI=1S/C10H21O3PS3/c1-2-3-4-5-6-7-8-13-10(11)9-17-14(12,15)16/h2-9H2,1H3,(H2,12,15,16). The van der Waals surface area contributed by atoms with Crippen LogP contribution < -0.4 is 0 Å². The van der Waals surface area contributed by atoms with Crippen molar-refractivity contribution in [3.8, 4) is 0 Å². The lowest BCUT2D eigenvalue weighted by atomic mass is 10.1. The lowest BCUT2D eigenvalue weighted by Gasteiger charge is -2.07. The van der Waals surface area contributed by atoms with E-state index >= 15 is 0 Å². The SMILES string of the molecule is CCCCCCCCOC(=O)CSP(O)(=S)S. The van der Waals surface area contributed by atoms with Crippen molar-refractivity contribution in [3.63, 3.8) is 0 Å². The number of unbranched alkanes of at least 4 members (excludes halogenated alkanes) is 5. The maximum absolute atomic E-state index is 11.2. The van der Waals surface area contributed by atoms with E-state index in [2.05, 4.69) is 31.0 Å². The van der Waals surface area contributed by atoms with Crippen molar-refractivity contribution in [2.45, 2.75) is 45.4 Å². The highest BCUT2D eigenvalue weighted by molar-refractivity contribution is 8.95. The first kappa shape index (κ1) is 17.8. The van der Waals surface area contributed by atoms with Crippen molar-refractivity contribution in [2.24, 2.45) is 0 Å². The Kier molecular flexibility index (Phi) is 11.2. The first-order chi connectivity index (χ1) is 7.95. The summed E-state index contributed by atoms with van der Waals surface area (Å²) in [5, 5.41) is 0. The maximum Gasteiger partial charge on any atom is 0.316 e. The molecule has 0 amide bonds. The van der Waals surface area contributed by atoms with Gasteiger partial charge in [-0.15, -0.1) is 12.2 Å². The average molecular weight is 316 g/mol. The molecular weight excluding hydrogens is 295 g/mol. The van der Waals surface area contributed by atoms with Gasteiger partial charge < -0.3 is 9.63 Å². The largest absolute Gasteiger partial charge is 0.465 e. The Morgan fingerprint density at radius 3 is 2.53 bits per heavy atom. The van der Waals surface area contributed by atoms with Gasteiger partial charge in [0, 0.05) is 0 Å². The highest BCUT2D eigenvalue weighted by Crippen LogP contribution is 2.59. The van der Waals surface area contributed by atoms with E-state index in [1.165, 1.54) is 25.7 Å². The Morgan fingerprint density at radius 1 is 1.35 bits per heavy atom. The van der Waals surface area contributed by atoms with Crippen LogP contribution in [0.2, 0.25) is 0 Å². The number of carbonyl (C=O) groups is 1. The van der Waals surface area contributed by atoms with Crippen molar-refractivity contribution in [1.29, 1.82) is 0 Å². The molecular formula is C10H21O3PS3. The molecule has 1 unspecified atom stereocenters. The molecule has 0 saturated carbocycles. The van der Waals surface area contributed by atoms with Gasteiger partial charge in [-0.3, -0.25) is 4.79 Å². The highest BCUT2D eigenvalue weighted by atomic mass is 33.2. The monoisotopic (exact) mass is 316 g/mol. The minimum absolute atomic E-state index is 0.0904. The first-order valence-electron chi connectivity index (χ1n) is 5.81. The molecule has 1 atom stereocenters. The fraction of sp³-hybridized carbons (Fsp3) is 0.900. The molecule has 3 nitrogen and oxygen atoms in total. The van der Waals surface area contributed by atoms with Crippen molar-refractivity contribution in [2.75, 3.05) is 12.4 Å². The second-order valence-electron chi connectivity index (χ2n) is 3.75. The number of esters is 1. The van der Waals surface area contributed by atoms with Crippen LogP contribution in [0.3, 0.4) is 0 Å². The van der Waals surface area contributed by atoms with Crippen molar-refractivity contribution in [3.05, 3.63) is 0 Å². The minimum Gasteiger partial charge on any atom is -0.465 e. The van der Waals surface area contributed by atoms with E-state index < -0.39 is 4.67 Å². The molecule has 0 aromatic rings. The van der Waals surface area contributed by atoms with Gasteiger partial charge in [-0.2, -0.15) is 0 Å². The smallest absolute Gasteiger partial charge is 0.316 e. The van der Waals surface area contributed by atoms with Gasteiger partial charge >= 0.3 is 5.97 Å². The van der Waals surface area contributed by atoms with Crippen LogP contribution in [0, 0.1) is 0 Å². The number of rotatable bonds is 10. The van der Waals surface area contributed by atoms with Crippen LogP contribution in [-0.2, 0) is 21.3 Å². The molecule has 0 aromatic heterocycles. The Morgan fingerprint density at radius 2 is 1.94 bits per heavy atom. The molecule has 0 saturated heterocycles. The number of hydrogen-bond donors (Lipinski definition) is 2. The molecule has 17 heavy (non-hydrogen) atoms. The summed E-state index contributed by atoms with van der Waals surface area (Å²) in [7, 11) is 0. The Hall–Kier alpha value is 0.780. The van der Waals surface area contributed by atoms with Crippen LogP contribution >= 0.6 is 28.3 Å². The van der Waals surface area contributed by atoms with Crippen LogP contribution in [-0.4, -0.2) is 23.2 Å². The molecule has 0 heterocycles. The first-order valence-corrected chi connectivity index (χ1v) is 11.3. The Bertz CT molecular complexity index is 255. The summed E-state index contributed by atoms with van der Waals surface area (Å²) in [6.45, 7) is 2.65.